The van der Waals surface area contributed by atoms with Crippen molar-refractivity contribution < 1.29 is 9.18 Å². The average Bonchev–Trinajstić information content (AvgIpc) is 2.90. The molecule has 4 aromatic rings. The van der Waals surface area contributed by atoms with E-state index in [2.05, 4.69) is 4.90 Å². The van der Waals surface area contributed by atoms with Crippen molar-refractivity contribution in [3.8, 4) is 0 Å². The second kappa shape index (κ2) is 9.21. The lowest BCUT2D eigenvalue weighted by molar-refractivity contribution is 0.0747. The van der Waals surface area contributed by atoms with Gasteiger partial charge in [-0.1, -0.05) is 24.3 Å². The third-order valence-electron chi connectivity index (χ3n) is 6.57. The summed E-state index contributed by atoms with van der Waals surface area (Å²) in [4.78, 5) is 42.1. The number of halogens is 1. The van der Waals surface area contributed by atoms with Crippen molar-refractivity contribution >= 4 is 22.6 Å². The van der Waals surface area contributed by atoms with Gasteiger partial charge in [0.15, 0.2) is 0 Å². The Hall–Kier alpha value is -4.20. The van der Waals surface area contributed by atoms with Crippen LogP contribution in [0.2, 0.25) is 0 Å². The maximum absolute atomic E-state index is 13.2. The van der Waals surface area contributed by atoms with E-state index in [1.807, 2.05) is 41.3 Å². The van der Waals surface area contributed by atoms with Crippen LogP contribution < -0.4 is 16.0 Å². The topological polar surface area (TPSA) is 67.5 Å². The van der Waals surface area contributed by atoms with Crippen LogP contribution in [0.3, 0.4) is 0 Å². The second-order valence-electron chi connectivity index (χ2n) is 8.70. The molecule has 0 N–H and O–H groups in total. The Labute approximate surface area is 201 Å². The number of benzene rings is 3. The summed E-state index contributed by atoms with van der Waals surface area (Å²) in [5.41, 5.74) is 2.55. The van der Waals surface area contributed by atoms with Crippen molar-refractivity contribution in [2.24, 2.45) is 7.05 Å². The molecule has 1 fully saturated rings. The van der Waals surface area contributed by atoms with Gasteiger partial charge < -0.3 is 14.4 Å². The number of carbonyl (C=O) groups excluding carboxylic acids is 1. The first-order valence-electron chi connectivity index (χ1n) is 11.5. The van der Waals surface area contributed by atoms with E-state index in [4.69, 9.17) is 0 Å². The highest BCUT2D eigenvalue weighted by Gasteiger charge is 2.22. The third kappa shape index (κ3) is 4.35. The number of aromatic nitrogens is 2. The van der Waals surface area contributed by atoms with Gasteiger partial charge in [-0.2, -0.15) is 0 Å². The fourth-order valence-electron chi connectivity index (χ4n) is 4.55. The van der Waals surface area contributed by atoms with Gasteiger partial charge >= 0.3 is 11.1 Å². The molecule has 0 saturated carbocycles. The number of piperazine rings is 1. The average molecular weight is 473 g/mol. The highest BCUT2D eigenvalue weighted by atomic mass is 19.1. The largest absolute Gasteiger partial charge is 0.368 e. The molecule has 35 heavy (non-hydrogen) atoms. The smallest absolute Gasteiger partial charge is 0.317 e. The molecule has 0 spiro atoms. The number of hydrogen-bond donors (Lipinski definition) is 0. The molecule has 0 bridgehead atoms. The molecule has 1 amide bonds. The van der Waals surface area contributed by atoms with Crippen LogP contribution in [0.4, 0.5) is 10.1 Å². The van der Waals surface area contributed by atoms with E-state index in [1.54, 1.807) is 31.3 Å². The van der Waals surface area contributed by atoms with E-state index in [1.165, 1.54) is 21.3 Å². The molecule has 2 heterocycles. The number of amides is 1. The number of aryl methyl sites for hydroxylation is 1. The van der Waals surface area contributed by atoms with E-state index in [0.717, 1.165) is 11.3 Å². The molecule has 1 aliphatic rings. The van der Waals surface area contributed by atoms with Gasteiger partial charge in [-0.3, -0.25) is 19.0 Å². The Balaban J connectivity index is 1.29. The molecular weight excluding hydrogens is 447 g/mol. The number of rotatable bonds is 4. The SMILES string of the molecule is Cn1c(=O)c(=O)n(Cc2ccc(C(=O)N3CCN(c4ccc(F)cc4)CC3)cc2)c2ccccc21. The van der Waals surface area contributed by atoms with Crippen LogP contribution in [0.5, 0.6) is 0 Å². The van der Waals surface area contributed by atoms with Crippen molar-refractivity contribution in [1.29, 1.82) is 0 Å². The lowest BCUT2D eigenvalue weighted by Crippen LogP contribution is -2.48. The first-order chi connectivity index (χ1) is 16.9. The first-order valence-corrected chi connectivity index (χ1v) is 11.5. The van der Waals surface area contributed by atoms with E-state index < -0.39 is 11.1 Å². The summed E-state index contributed by atoms with van der Waals surface area (Å²) in [5.74, 6) is -0.315. The number of fused-ring (bicyclic) bond motifs is 1. The third-order valence-corrected chi connectivity index (χ3v) is 6.57. The van der Waals surface area contributed by atoms with E-state index in [0.29, 0.717) is 42.8 Å². The van der Waals surface area contributed by atoms with Crippen LogP contribution in [-0.2, 0) is 13.6 Å². The Kier molecular flexibility index (Phi) is 5.94. The van der Waals surface area contributed by atoms with Crippen LogP contribution in [0, 0.1) is 5.82 Å². The summed E-state index contributed by atoms with van der Waals surface area (Å²) >= 11 is 0. The minimum Gasteiger partial charge on any atom is -0.368 e. The van der Waals surface area contributed by atoms with Crippen LogP contribution in [0.1, 0.15) is 15.9 Å². The molecule has 0 atom stereocenters. The molecule has 178 valence electrons. The normalized spacial score (nSPS) is 13.9. The van der Waals surface area contributed by atoms with E-state index in [9.17, 15) is 18.8 Å². The lowest BCUT2D eigenvalue weighted by Gasteiger charge is -2.36. The summed E-state index contributed by atoms with van der Waals surface area (Å²) in [7, 11) is 1.59. The molecule has 1 aliphatic heterocycles. The Bertz CT molecular complexity index is 1500. The van der Waals surface area contributed by atoms with Gasteiger partial charge in [0.25, 0.3) is 5.91 Å². The van der Waals surface area contributed by atoms with Crippen molar-refractivity contribution in [3.63, 3.8) is 0 Å². The Morgan fingerprint density at radius 2 is 1.43 bits per heavy atom. The maximum Gasteiger partial charge on any atom is 0.317 e. The van der Waals surface area contributed by atoms with Crippen molar-refractivity contribution in [1.82, 2.24) is 14.0 Å². The summed E-state index contributed by atoms with van der Waals surface area (Å²) in [6, 6.07) is 20.8. The Morgan fingerprint density at radius 3 is 2.09 bits per heavy atom. The molecule has 5 rings (SSSR count). The summed E-state index contributed by atoms with van der Waals surface area (Å²) in [6.07, 6.45) is 0. The molecule has 8 heteroatoms. The van der Waals surface area contributed by atoms with Gasteiger partial charge in [0.05, 0.1) is 17.6 Å². The molecule has 0 aliphatic carbocycles. The zero-order chi connectivity index (χ0) is 24.5. The molecule has 0 unspecified atom stereocenters. The van der Waals surface area contributed by atoms with Crippen LogP contribution in [-0.4, -0.2) is 46.1 Å². The van der Waals surface area contributed by atoms with Crippen LogP contribution in [0.15, 0.2) is 82.4 Å². The summed E-state index contributed by atoms with van der Waals surface area (Å²) in [6.45, 7) is 2.74. The first kappa shape index (κ1) is 22.6. The zero-order valence-corrected chi connectivity index (χ0v) is 19.4. The predicted octanol–water partition coefficient (Wildman–Crippen LogP) is 2.85. The van der Waals surface area contributed by atoms with Gasteiger partial charge in [-0.25, -0.2) is 4.39 Å². The highest BCUT2D eigenvalue weighted by molar-refractivity contribution is 5.94. The van der Waals surface area contributed by atoms with Crippen molar-refractivity contribution in [2.45, 2.75) is 6.54 Å². The van der Waals surface area contributed by atoms with Crippen molar-refractivity contribution in [3.05, 3.63) is 110 Å². The fraction of sp³-hybridized carbons (Fsp3) is 0.222. The molecule has 3 aromatic carbocycles. The monoisotopic (exact) mass is 472 g/mol. The predicted molar refractivity (Wildman–Crippen MR) is 134 cm³/mol. The number of anilines is 1. The number of nitrogens with zero attached hydrogens (tertiary/aromatic N) is 4. The van der Waals surface area contributed by atoms with E-state index in [-0.39, 0.29) is 18.3 Å². The molecule has 0 radical (unpaired) electrons. The van der Waals surface area contributed by atoms with Gasteiger partial charge in [0.1, 0.15) is 5.82 Å². The maximum atomic E-state index is 13.2. The second-order valence-corrected chi connectivity index (χ2v) is 8.70. The molecule has 7 nitrogen and oxygen atoms in total. The number of para-hydroxylation sites is 2. The number of hydrogen-bond acceptors (Lipinski definition) is 4. The van der Waals surface area contributed by atoms with Crippen LogP contribution in [0.25, 0.3) is 11.0 Å². The molecule has 1 saturated heterocycles. The van der Waals surface area contributed by atoms with Gasteiger partial charge in [0.2, 0.25) is 0 Å². The quantitative estimate of drug-likeness (QED) is 0.429. The standard InChI is InChI=1S/C27H25FN4O3/c1-29-23-4-2-3-5-24(23)32(27(35)26(29)34)18-19-6-8-20(9-7-19)25(33)31-16-14-30(15-17-31)22-12-10-21(28)11-13-22/h2-13H,14-18H2,1H3. The van der Waals surface area contributed by atoms with Gasteiger partial charge in [0, 0.05) is 44.5 Å². The zero-order valence-electron chi connectivity index (χ0n) is 19.4. The van der Waals surface area contributed by atoms with Gasteiger partial charge in [-0.15, -0.1) is 0 Å². The fourth-order valence-corrected chi connectivity index (χ4v) is 4.55. The van der Waals surface area contributed by atoms with E-state index >= 15 is 0 Å². The minimum absolute atomic E-state index is 0.0495. The number of carbonyl (C=O) groups is 1. The Morgan fingerprint density at radius 1 is 0.800 bits per heavy atom. The van der Waals surface area contributed by atoms with Crippen LogP contribution >= 0.6 is 0 Å². The lowest BCUT2D eigenvalue weighted by atomic mass is 10.1. The summed E-state index contributed by atoms with van der Waals surface area (Å²) < 4.78 is 16.0. The molecule has 1 aromatic heterocycles. The van der Waals surface area contributed by atoms with Crippen molar-refractivity contribution in [2.75, 3.05) is 31.1 Å². The van der Waals surface area contributed by atoms with Gasteiger partial charge in [-0.05, 0) is 54.1 Å². The molecular formula is C27H25FN4O3. The summed E-state index contributed by atoms with van der Waals surface area (Å²) in [5, 5.41) is 0. The highest BCUT2D eigenvalue weighted by Crippen LogP contribution is 2.18. The minimum atomic E-state index is -0.578.